The topological polar surface area (TPSA) is 124 Å². The number of aliphatic carboxylic acids is 1. The normalized spacial score (nSPS) is 16.4. The van der Waals surface area contributed by atoms with E-state index in [0.29, 0.717) is 12.2 Å². The van der Waals surface area contributed by atoms with E-state index in [9.17, 15) is 4.79 Å². The van der Waals surface area contributed by atoms with Crippen molar-refractivity contribution in [1.82, 2.24) is 15.1 Å². The number of aliphatic hydroxyl groups is 1. The average Bonchev–Trinajstić information content (AvgIpc) is 2.89. The second kappa shape index (κ2) is 5.93. The molecule has 0 atom stereocenters. The number of rotatable bonds is 5. The zero-order valence-corrected chi connectivity index (χ0v) is 10.4. The number of nitrogens with zero attached hydrogens (tertiary/aromatic N) is 3. The average molecular weight is 275 g/mol. The smallest absolute Gasteiger partial charge is 0.358 e. The van der Waals surface area contributed by atoms with Crippen LogP contribution in [0.3, 0.4) is 0 Å². The third kappa shape index (κ3) is 2.81. The molecule has 2 heterocycles. The van der Waals surface area contributed by atoms with E-state index >= 15 is 0 Å². The maximum atomic E-state index is 10.9. The molecule has 0 saturated carbocycles. The number of aromatic nitrogens is 2. The Balaban J connectivity index is 2.19. The number of aliphatic hydroxyl groups excluding tert-OH is 1. The number of nitrogens with one attached hydrogen (secondary N) is 2. The lowest BCUT2D eigenvalue weighted by molar-refractivity contribution is -0.132. The molecule has 1 aliphatic rings. The van der Waals surface area contributed by atoms with E-state index < -0.39 is 5.97 Å². The summed E-state index contributed by atoms with van der Waals surface area (Å²) in [4.78, 5) is 10.9. The van der Waals surface area contributed by atoms with Crippen LogP contribution in [0.2, 0.25) is 0 Å². The van der Waals surface area contributed by atoms with Crippen molar-refractivity contribution >= 4 is 11.5 Å². The van der Waals surface area contributed by atoms with E-state index in [0.717, 1.165) is 5.57 Å². The van der Waals surface area contributed by atoms with Gasteiger partial charge in [-0.2, -0.15) is 5.10 Å². The fraction of sp³-hybridized carbons (Fsp3) is 0.167. The van der Waals surface area contributed by atoms with Crippen LogP contribution in [-0.4, -0.2) is 32.6 Å². The highest BCUT2D eigenvalue weighted by Crippen LogP contribution is 2.19. The van der Waals surface area contributed by atoms with Gasteiger partial charge in [-0.1, -0.05) is 0 Å². The van der Waals surface area contributed by atoms with E-state index in [1.54, 1.807) is 29.2 Å². The Kier molecular flexibility index (Phi) is 4.06. The molecule has 20 heavy (non-hydrogen) atoms. The first-order chi connectivity index (χ1) is 9.65. The van der Waals surface area contributed by atoms with Crippen LogP contribution in [0.15, 0.2) is 47.1 Å². The molecule has 1 aromatic heterocycles. The summed E-state index contributed by atoms with van der Waals surface area (Å²) >= 11 is 0. The molecule has 0 fully saturated rings. The molecular formula is C12H13N5O3. The van der Waals surface area contributed by atoms with Crippen molar-refractivity contribution in [1.29, 1.82) is 5.53 Å². The van der Waals surface area contributed by atoms with Gasteiger partial charge in [0.25, 0.3) is 0 Å². The van der Waals surface area contributed by atoms with Gasteiger partial charge in [-0.25, -0.2) is 10.3 Å². The van der Waals surface area contributed by atoms with Crippen LogP contribution in [-0.2, 0) is 11.3 Å². The highest BCUT2D eigenvalue weighted by atomic mass is 16.4. The van der Waals surface area contributed by atoms with Crippen LogP contribution < -0.4 is 5.32 Å². The molecule has 104 valence electrons. The molecule has 0 bridgehead atoms. The fourth-order valence-electron chi connectivity index (χ4n) is 1.70. The largest absolute Gasteiger partial charge is 0.476 e. The molecular weight excluding hydrogens is 262 g/mol. The van der Waals surface area contributed by atoms with Gasteiger partial charge in [0.15, 0.2) is 5.70 Å². The standard InChI is InChI=1S/C12H13N5O3/c13-15-11(12(19)20)10-2-1-8(7-14-10)9-3-4-17(16-9)5-6-18/h1-4,7,13-14,18H,5-6H2,(H,19,20)/b11-10-,15-13?. The van der Waals surface area contributed by atoms with Gasteiger partial charge in [0.1, 0.15) is 0 Å². The van der Waals surface area contributed by atoms with Gasteiger partial charge in [-0.3, -0.25) is 4.68 Å². The molecule has 4 N–H and O–H groups in total. The molecule has 0 spiro atoms. The zero-order chi connectivity index (χ0) is 14.5. The molecule has 1 aliphatic heterocycles. The summed E-state index contributed by atoms with van der Waals surface area (Å²) in [5.41, 5.74) is 8.18. The second-order valence-corrected chi connectivity index (χ2v) is 3.94. The van der Waals surface area contributed by atoms with Crippen molar-refractivity contribution in [3.05, 3.63) is 47.7 Å². The summed E-state index contributed by atoms with van der Waals surface area (Å²) < 4.78 is 1.61. The molecule has 1 aromatic rings. The lowest BCUT2D eigenvalue weighted by Gasteiger charge is -2.10. The molecule has 0 aromatic carbocycles. The number of carbonyl (C=O) groups is 1. The van der Waals surface area contributed by atoms with Crippen LogP contribution in [0, 0.1) is 5.53 Å². The SMILES string of the molecule is N=N/C(C(=O)O)=C1/C=CC(c2ccn(CCO)n2)=CN1. The molecule has 8 nitrogen and oxygen atoms in total. The lowest BCUT2D eigenvalue weighted by Crippen LogP contribution is -2.14. The summed E-state index contributed by atoms with van der Waals surface area (Å²) in [6.45, 7) is 0.421. The Morgan fingerprint density at radius 2 is 2.30 bits per heavy atom. The summed E-state index contributed by atoms with van der Waals surface area (Å²) in [5, 5.41) is 27.7. The fourth-order valence-corrected chi connectivity index (χ4v) is 1.70. The van der Waals surface area contributed by atoms with Crippen LogP contribution in [0.1, 0.15) is 5.69 Å². The molecule has 8 heteroatoms. The van der Waals surface area contributed by atoms with Crippen LogP contribution in [0.25, 0.3) is 5.57 Å². The van der Waals surface area contributed by atoms with Gasteiger partial charge < -0.3 is 15.5 Å². The van der Waals surface area contributed by atoms with E-state index in [-0.39, 0.29) is 18.0 Å². The lowest BCUT2D eigenvalue weighted by atomic mass is 10.1. The van der Waals surface area contributed by atoms with Crippen molar-refractivity contribution in [3.63, 3.8) is 0 Å². The maximum absolute atomic E-state index is 10.9. The zero-order valence-electron chi connectivity index (χ0n) is 10.4. The van der Waals surface area contributed by atoms with Crippen molar-refractivity contribution < 1.29 is 15.0 Å². The van der Waals surface area contributed by atoms with Crippen molar-refractivity contribution in [3.8, 4) is 0 Å². The number of carboxylic acid groups (broad SMARTS) is 1. The van der Waals surface area contributed by atoms with Gasteiger partial charge in [-0.15, -0.1) is 5.11 Å². The first-order valence-electron chi connectivity index (χ1n) is 5.80. The van der Waals surface area contributed by atoms with Crippen LogP contribution in [0.4, 0.5) is 0 Å². The monoisotopic (exact) mass is 275 g/mol. The number of dihydropyridines is 1. The van der Waals surface area contributed by atoms with Crippen LogP contribution >= 0.6 is 0 Å². The minimum Gasteiger partial charge on any atom is -0.476 e. The third-order valence-corrected chi connectivity index (χ3v) is 2.65. The Morgan fingerprint density at radius 1 is 1.50 bits per heavy atom. The highest BCUT2D eigenvalue weighted by molar-refractivity contribution is 5.88. The molecule has 0 unspecified atom stereocenters. The second-order valence-electron chi connectivity index (χ2n) is 3.94. The van der Waals surface area contributed by atoms with E-state index in [2.05, 4.69) is 15.5 Å². The summed E-state index contributed by atoms with van der Waals surface area (Å²) in [6.07, 6.45) is 6.55. The Bertz CT molecular complexity index is 627. The van der Waals surface area contributed by atoms with Gasteiger partial charge in [0.2, 0.25) is 0 Å². The summed E-state index contributed by atoms with van der Waals surface area (Å²) in [5.74, 6) is -1.27. The first-order valence-corrected chi connectivity index (χ1v) is 5.80. The molecule has 0 amide bonds. The summed E-state index contributed by atoms with van der Waals surface area (Å²) in [7, 11) is 0. The van der Waals surface area contributed by atoms with E-state index in [1.807, 2.05) is 0 Å². The predicted octanol–water partition coefficient (Wildman–Crippen LogP) is 0.703. The van der Waals surface area contributed by atoms with Crippen molar-refractivity contribution in [2.45, 2.75) is 6.54 Å². The van der Waals surface area contributed by atoms with E-state index in [4.69, 9.17) is 15.7 Å². The third-order valence-electron chi connectivity index (χ3n) is 2.65. The number of hydrogen-bond donors (Lipinski definition) is 4. The van der Waals surface area contributed by atoms with Gasteiger partial charge in [0, 0.05) is 18.0 Å². The molecule has 2 rings (SSSR count). The summed E-state index contributed by atoms with van der Waals surface area (Å²) in [6, 6.07) is 1.79. The quantitative estimate of drug-likeness (QED) is 0.465. The van der Waals surface area contributed by atoms with E-state index in [1.165, 1.54) is 6.08 Å². The number of allylic oxidation sites excluding steroid dienone is 3. The Hall–Kier alpha value is -2.74. The minimum atomic E-state index is -1.27. The molecule has 0 aliphatic carbocycles. The van der Waals surface area contributed by atoms with Crippen LogP contribution in [0.5, 0.6) is 0 Å². The van der Waals surface area contributed by atoms with Crippen molar-refractivity contribution in [2.75, 3.05) is 6.61 Å². The van der Waals surface area contributed by atoms with Crippen molar-refractivity contribution in [2.24, 2.45) is 5.11 Å². The molecule has 0 radical (unpaired) electrons. The minimum absolute atomic E-state index is 0.00805. The number of hydrogen-bond acceptors (Lipinski definition) is 6. The Labute approximate surface area is 114 Å². The Morgan fingerprint density at radius 3 is 2.85 bits per heavy atom. The first kappa shape index (κ1) is 13.7. The van der Waals surface area contributed by atoms with Gasteiger partial charge in [0.05, 0.1) is 24.5 Å². The highest BCUT2D eigenvalue weighted by Gasteiger charge is 2.14. The van der Waals surface area contributed by atoms with Gasteiger partial charge >= 0.3 is 5.97 Å². The van der Waals surface area contributed by atoms with Gasteiger partial charge in [-0.05, 0) is 18.2 Å². The number of carboxylic acids is 1. The maximum Gasteiger partial charge on any atom is 0.358 e. The predicted molar refractivity (Wildman–Crippen MR) is 69.4 cm³/mol. The molecule has 0 saturated heterocycles.